The molecule has 2 rings (SSSR count). The van der Waals surface area contributed by atoms with Gasteiger partial charge >= 0.3 is 5.97 Å². The minimum absolute atomic E-state index is 0.264. The fourth-order valence-corrected chi connectivity index (χ4v) is 3.34. The highest BCUT2D eigenvalue weighted by atomic mass is 127. The van der Waals surface area contributed by atoms with Crippen LogP contribution in [0.2, 0.25) is 0 Å². The number of hydrogen-bond acceptors (Lipinski definition) is 2. The Balaban J connectivity index is 2.08. The van der Waals surface area contributed by atoms with Crippen LogP contribution in [0, 0.1) is 11.8 Å². The van der Waals surface area contributed by atoms with Crippen molar-refractivity contribution >= 4 is 28.6 Å². The molecule has 76 valence electrons. The first kappa shape index (κ1) is 10.2. The van der Waals surface area contributed by atoms with E-state index in [4.69, 9.17) is 4.74 Å². The molecular formula is C11H13IO2. The number of halogens is 1. The average molecular weight is 304 g/mol. The highest BCUT2D eigenvalue weighted by molar-refractivity contribution is 14.1. The van der Waals surface area contributed by atoms with Gasteiger partial charge in [0.05, 0.1) is 0 Å². The smallest absolute Gasteiger partial charge is 0.334 e. The van der Waals surface area contributed by atoms with Crippen molar-refractivity contribution in [2.75, 3.05) is 0 Å². The van der Waals surface area contributed by atoms with Gasteiger partial charge in [-0.2, -0.15) is 0 Å². The zero-order chi connectivity index (χ0) is 10.3. The number of carbonyl (C=O) groups excluding carboxylic acids is 1. The summed E-state index contributed by atoms with van der Waals surface area (Å²) in [5.41, 5.74) is 0.479. The van der Waals surface area contributed by atoms with E-state index in [2.05, 4.69) is 41.3 Å². The molecule has 0 saturated heterocycles. The fourth-order valence-electron chi connectivity index (χ4n) is 2.11. The van der Waals surface area contributed by atoms with Crippen molar-refractivity contribution in [2.24, 2.45) is 11.8 Å². The Morgan fingerprint density at radius 2 is 2.36 bits per heavy atom. The van der Waals surface area contributed by atoms with Crippen LogP contribution in [-0.4, -0.2) is 9.58 Å². The molecule has 0 amide bonds. The Morgan fingerprint density at radius 3 is 2.79 bits per heavy atom. The van der Waals surface area contributed by atoms with Gasteiger partial charge in [-0.1, -0.05) is 18.7 Å². The normalized spacial score (nSPS) is 38.7. The summed E-state index contributed by atoms with van der Waals surface area (Å²) in [5, 5.41) is 0. The van der Waals surface area contributed by atoms with Crippen molar-refractivity contribution in [3.8, 4) is 0 Å². The number of esters is 1. The van der Waals surface area contributed by atoms with Crippen LogP contribution in [0.3, 0.4) is 0 Å². The zero-order valence-corrected chi connectivity index (χ0v) is 10.3. The lowest BCUT2D eigenvalue weighted by Gasteiger charge is -2.29. The molecule has 0 N–H and O–H groups in total. The summed E-state index contributed by atoms with van der Waals surface area (Å²) in [6, 6.07) is 0. The maximum Gasteiger partial charge on any atom is 0.334 e. The van der Waals surface area contributed by atoms with Crippen molar-refractivity contribution < 1.29 is 9.53 Å². The number of allylic oxidation sites excluding steroid dienone is 1. The molecule has 0 radical (unpaired) electrons. The monoisotopic (exact) mass is 304 g/mol. The number of hydrogen-bond donors (Lipinski definition) is 0. The lowest BCUT2D eigenvalue weighted by Crippen LogP contribution is -2.32. The average Bonchev–Trinajstić information content (AvgIpc) is 2.62. The van der Waals surface area contributed by atoms with Crippen LogP contribution >= 0.6 is 22.6 Å². The van der Waals surface area contributed by atoms with E-state index in [1.165, 1.54) is 0 Å². The molecule has 2 aliphatic rings. The zero-order valence-electron chi connectivity index (χ0n) is 8.13. The van der Waals surface area contributed by atoms with Gasteiger partial charge in [0.25, 0.3) is 0 Å². The summed E-state index contributed by atoms with van der Waals surface area (Å²) in [7, 11) is 0. The minimum Gasteiger partial charge on any atom is -0.444 e. The Labute approximate surface area is 97.5 Å². The first-order chi connectivity index (χ1) is 6.51. The first-order valence-electron chi connectivity index (χ1n) is 4.77. The predicted molar refractivity (Wildman–Crippen MR) is 63.0 cm³/mol. The van der Waals surface area contributed by atoms with E-state index in [0.717, 1.165) is 12.8 Å². The molecule has 2 nitrogen and oxygen atoms in total. The summed E-state index contributed by atoms with van der Waals surface area (Å²) in [4.78, 5) is 11.4. The van der Waals surface area contributed by atoms with Gasteiger partial charge < -0.3 is 4.74 Å². The van der Waals surface area contributed by atoms with Crippen molar-refractivity contribution in [2.45, 2.75) is 23.4 Å². The fraction of sp³-hybridized carbons (Fsp3) is 0.545. The Hall–Kier alpha value is -0.320. The maximum absolute atomic E-state index is 11.4. The van der Waals surface area contributed by atoms with E-state index in [1.807, 2.05) is 0 Å². The second kappa shape index (κ2) is 3.36. The second-order valence-electron chi connectivity index (χ2n) is 4.15. The number of fused-ring (bicyclic) bond motifs is 2. The van der Waals surface area contributed by atoms with Gasteiger partial charge in [0.1, 0.15) is 0 Å². The molecule has 0 spiro atoms. The molecule has 3 atom stereocenters. The van der Waals surface area contributed by atoms with E-state index in [0.29, 0.717) is 17.4 Å². The minimum atomic E-state index is -0.312. The van der Waals surface area contributed by atoms with Crippen LogP contribution in [0.4, 0.5) is 0 Å². The summed E-state index contributed by atoms with van der Waals surface area (Å²) < 4.78 is 5.18. The molecular weight excluding hydrogens is 291 g/mol. The lowest BCUT2D eigenvalue weighted by atomic mass is 10.0. The van der Waals surface area contributed by atoms with E-state index >= 15 is 0 Å². The molecule has 0 aliphatic heterocycles. The van der Waals surface area contributed by atoms with E-state index in [-0.39, 0.29) is 9.58 Å². The molecule has 14 heavy (non-hydrogen) atoms. The van der Waals surface area contributed by atoms with Crippen molar-refractivity contribution in [1.29, 1.82) is 0 Å². The molecule has 1 saturated carbocycles. The van der Waals surface area contributed by atoms with Gasteiger partial charge in [0.2, 0.25) is 0 Å². The summed E-state index contributed by atoms with van der Waals surface area (Å²) in [6.07, 6.45) is 6.49. The van der Waals surface area contributed by atoms with E-state index in [1.54, 1.807) is 6.92 Å². The molecule has 0 aromatic carbocycles. The Morgan fingerprint density at radius 1 is 1.64 bits per heavy atom. The van der Waals surface area contributed by atoms with E-state index < -0.39 is 0 Å². The summed E-state index contributed by atoms with van der Waals surface area (Å²) in [5.74, 6) is 0.742. The largest absolute Gasteiger partial charge is 0.444 e. The van der Waals surface area contributed by atoms with Crippen LogP contribution in [0.1, 0.15) is 19.8 Å². The summed E-state index contributed by atoms with van der Waals surface area (Å²) in [6.45, 7) is 5.28. The van der Waals surface area contributed by atoms with Crippen LogP contribution in [0.25, 0.3) is 0 Å². The quantitative estimate of drug-likeness (QED) is 0.258. The van der Waals surface area contributed by atoms with Gasteiger partial charge in [-0.25, -0.2) is 4.79 Å². The van der Waals surface area contributed by atoms with Gasteiger partial charge in [0.15, 0.2) is 3.61 Å². The second-order valence-corrected chi connectivity index (χ2v) is 5.97. The molecule has 3 unspecified atom stereocenters. The Bertz CT molecular complexity index is 321. The molecule has 0 aromatic rings. The van der Waals surface area contributed by atoms with Crippen LogP contribution in [-0.2, 0) is 9.53 Å². The molecule has 1 fully saturated rings. The summed E-state index contributed by atoms with van der Waals surface area (Å²) >= 11 is 2.27. The molecule has 0 aromatic heterocycles. The van der Waals surface area contributed by atoms with Gasteiger partial charge in [-0.05, 0) is 41.9 Å². The molecule has 0 heterocycles. The first-order valence-corrected chi connectivity index (χ1v) is 5.85. The number of ether oxygens (including phenoxy) is 1. The third-order valence-electron chi connectivity index (χ3n) is 2.88. The standard InChI is InChI=1S/C11H13IO2/c1-7(2)10(13)14-11(12)6-8-3-4-9(11)5-8/h3-4,8-9H,1,5-6H2,2H3. The topological polar surface area (TPSA) is 26.3 Å². The molecule has 2 aliphatic carbocycles. The highest BCUT2D eigenvalue weighted by Crippen LogP contribution is 2.52. The third-order valence-corrected chi connectivity index (χ3v) is 4.34. The number of alkyl halides is 1. The van der Waals surface area contributed by atoms with Crippen molar-refractivity contribution in [3.63, 3.8) is 0 Å². The lowest BCUT2D eigenvalue weighted by molar-refractivity contribution is -0.146. The highest BCUT2D eigenvalue weighted by Gasteiger charge is 2.49. The van der Waals surface area contributed by atoms with Crippen molar-refractivity contribution in [1.82, 2.24) is 0 Å². The molecule has 2 bridgehead atoms. The number of rotatable bonds is 2. The van der Waals surface area contributed by atoms with Crippen molar-refractivity contribution in [3.05, 3.63) is 24.3 Å². The maximum atomic E-state index is 11.4. The number of carbonyl (C=O) groups is 1. The predicted octanol–water partition coefficient (Wildman–Crippen LogP) is 2.83. The molecule has 3 heteroatoms. The third kappa shape index (κ3) is 1.62. The van der Waals surface area contributed by atoms with Crippen LogP contribution in [0.5, 0.6) is 0 Å². The van der Waals surface area contributed by atoms with Gasteiger partial charge in [-0.3, -0.25) is 0 Å². The van der Waals surface area contributed by atoms with Gasteiger partial charge in [-0.15, -0.1) is 0 Å². The van der Waals surface area contributed by atoms with Gasteiger partial charge in [0, 0.05) is 17.9 Å². The Kier molecular flexibility index (Phi) is 2.45. The van der Waals surface area contributed by atoms with Crippen LogP contribution in [0.15, 0.2) is 24.3 Å². The van der Waals surface area contributed by atoms with E-state index in [9.17, 15) is 4.79 Å². The van der Waals surface area contributed by atoms with Crippen LogP contribution < -0.4 is 0 Å². The SMILES string of the molecule is C=C(C)C(=O)OC1(I)CC2C=CC1C2.